The van der Waals surface area contributed by atoms with Crippen LogP contribution < -0.4 is 5.32 Å². The molecule has 3 N–H and O–H groups in total. The zero-order valence-corrected chi connectivity index (χ0v) is 14.9. The summed E-state index contributed by atoms with van der Waals surface area (Å²) < 4.78 is 0. The van der Waals surface area contributed by atoms with Crippen molar-refractivity contribution in [1.82, 2.24) is 4.98 Å². The van der Waals surface area contributed by atoms with Gasteiger partial charge >= 0.3 is 5.97 Å². The number of carbonyl (C=O) groups is 2. The van der Waals surface area contributed by atoms with E-state index in [0.29, 0.717) is 11.5 Å². The van der Waals surface area contributed by atoms with Crippen molar-refractivity contribution in [3.05, 3.63) is 65.9 Å². The number of carbonyl (C=O) groups excluding carboxylic acids is 1. The van der Waals surface area contributed by atoms with Crippen molar-refractivity contribution in [3.63, 3.8) is 0 Å². The number of nitrogens with one attached hydrogen (secondary N) is 2. The van der Waals surface area contributed by atoms with Crippen molar-refractivity contribution >= 4 is 28.5 Å². The summed E-state index contributed by atoms with van der Waals surface area (Å²) in [6, 6.07) is 15.5. The summed E-state index contributed by atoms with van der Waals surface area (Å²) in [7, 11) is 0. The average molecular weight is 362 g/mol. The van der Waals surface area contributed by atoms with E-state index in [2.05, 4.69) is 10.3 Å². The van der Waals surface area contributed by atoms with Gasteiger partial charge in [-0.05, 0) is 72.9 Å². The van der Waals surface area contributed by atoms with E-state index in [1.807, 2.05) is 54.7 Å². The molecule has 1 heterocycles. The number of hydrogen-bond donors (Lipinski definition) is 3. The number of benzene rings is 2. The number of amides is 1. The molecule has 1 aliphatic carbocycles. The third kappa shape index (κ3) is 3.72. The molecule has 27 heavy (non-hydrogen) atoms. The highest BCUT2D eigenvalue weighted by molar-refractivity contribution is 6.06. The van der Waals surface area contributed by atoms with Crippen LogP contribution in [0.3, 0.4) is 0 Å². The molecule has 1 aliphatic rings. The Balaban J connectivity index is 1.40. The summed E-state index contributed by atoms with van der Waals surface area (Å²) in [4.78, 5) is 26.7. The molecule has 1 amide bonds. The van der Waals surface area contributed by atoms with E-state index in [9.17, 15) is 9.59 Å². The maximum absolute atomic E-state index is 12.5. The van der Waals surface area contributed by atoms with Crippen LogP contribution in [0, 0.1) is 5.92 Å². The van der Waals surface area contributed by atoms with Crippen LogP contribution in [0.2, 0.25) is 0 Å². The van der Waals surface area contributed by atoms with E-state index >= 15 is 0 Å². The summed E-state index contributed by atoms with van der Waals surface area (Å²) in [6.45, 7) is 0. The zero-order valence-electron chi connectivity index (χ0n) is 14.9. The number of carboxylic acid groups (broad SMARTS) is 1. The van der Waals surface area contributed by atoms with Gasteiger partial charge in [-0.2, -0.15) is 0 Å². The number of aliphatic carboxylic acids is 1. The highest BCUT2D eigenvalue weighted by Crippen LogP contribution is 2.36. The molecule has 0 spiro atoms. The molecule has 1 fully saturated rings. The van der Waals surface area contributed by atoms with Crippen LogP contribution in [-0.4, -0.2) is 22.0 Å². The van der Waals surface area contributed by atoms with Gasteiger partial charge in [0, 0.05) is 23.0 Å². The first-order valence-electron chi connectivity index (χ1n) is 9.31. The van der Waals surface area contributed by atoms with Gasteiger partial charge in [-0.15, -0.1) is 0 Å². The highest BCUT2D eigenvalue weighted by atomic mass is 16.4. The van der Waals surface area contributed by atoms with Gasteiger partial charge in [-0.25, -0.2) is 0 Å². The number of fused-ring (bicyclic) bond motifs is 1. The number of anilines is 1. The summed E-state index contributed by atoms with van der Waals surface area (Å²) in [5.74, 6) is -0.609. The molecule has 1 aromatic heterocycles. The fourth-order valence-corrected chi connectivity index (χ4v) is 3.90. The van der Waals surface area contributed by atoms with Gasteiger partial charge in [0.25, 0.3) is 5.91 Å². The second kappa shape index (κ2) is 7.27. The second-order valence-electron chi connectivity index (χ2n) is 7.24. The topological polar surface area (TPSA) is 82.2 Å². The van der Waals surface area contributed by atoms with Crippen LogP contribution in [-0.2, 0) is 4.79 Å². The number of rotatable bonds is 4. The standard InChI is InChI=1S/C22H22N2O3/c25-21(18-6-3-16-11-12-23-20(16)13-18)24-19-9-7-15(8-10-19)14-1-4-17(5-2-14)22(26)27/h3,6-14,17,23H,1-2,4-5H2,(H,24,25)(H,26,27)/t14-,17+. The Kier molecular flexibility index (Phi) is 4.67. The van der Waals surface area contributed by atoms with E-state index in [1.165, 1.54) is 5.56 Å². The Hall–Kier alpha value is -3.08. The number of carboxylic acids is 1. The molecule has 5 heteroatoms. The summed E-state index contributed by atoms with van der Waals surface area (Å²) >= 11 is 0. The van der Waals surface area contributed by atoms with Gasteiger partial charge in [0.15, 0.2) is 0 Å². The largest absolute Gasteiger partial charge is 0.481 e. The van der Waals surface area contributed by atoms with E-state index in [0.717, 1.165) is 42.3 Å². The Morgan fingerprint density at radius 2 is 1.70 bits per heavy atom. The molecule has 4 rings (SSSR count). The lowest BCUT2D eigenvalue weighted by Crippen LogP contribution is -2.20. The van der Waals surface area contributed by atoms with Crippen molar-refractivity contribution in [2.45, 2.75) is 31.6 Å². The van der Waals surface area contributed by atoms with Crippen molar-refractivity contribution in [2.75, 3.05) is 5.32 Å². The smallest absolute Gasteiger partial charge is 0.306 e. The number of H-pyrrole nitrogens is 1. The predicted molar refractivity (Wildman–Crippen MR) is 105 cm³/mol. The minimum Gasteiger partial charge on any atom is -0.481 e. The highest BCUT2D eigenvalue weighted by Gasteiger charge is 2.26. The molecular formula is C22H22N2O3. The molecule has 0 unspecified atom stereocenters. The van der Waals surface area contributed by atoms with Crippen LogP contribution in [0.5, 0.6) is 0 Å². The van der Waals surface area contributed by atoms with Gasteiger partial charge in [-0.1, -0.05) is 18.2 Å². The molecule has 138 valence electrons. The van der Waals surface area contributed by atoms with Crippen LogP contribution >= 0.6 is 0 Å². The van der Waals surface area contributed by atoms with Crippen LogP contribution in [0.25, 0.3) is 10.9 Å². The van der Waals surface area contributed by atoms with Crippen LogP contribution in [0.1, 0.15) is 47.5 Å². The van der Waals surface area contributed by atoms with Crippen molar-refractivity contribution in [2.24, 2.45) is 5.92 Å². The third-order valence-corrected chi connectivity index (χ3v) is 5.53. The number of hydrogen-bond acceptors (Lipinski definition) is 2. The third-order valence-electron chi connectivity index (χ3n) is 5.53. The fraction of sp³-hybridized carbons (Fsp3) is 0.273. The molecule has 0 aliphatic heterocycles. The Morgan fingerprint density at radius 1 is 0.963 bits per heavy atom. The molecule has 0 atom stereocenters. The molecule has 0 radical (unpaired) electrons. The monoisotopic (exact) mass is 362 g/mol. The van der Waals surface area contributed by atoms with Crippen molar-refractivity contribution in [1.29, 1.82) is 0 Å². The lowest BCUT2D eigenvalue weighted by Gasteiger charge is -2.26. The van der Waals surface area contributed by atoms with Crippen molar-refractivity contribution < 1.29 is 14.7 Å². The maximum Gasteiger partial charge on any atom is 0.306 e. The minimum absolute atomic E-state index is 0.138. The molecular weight excluding hydrogens is 340 g/mol. The Labute approximate surface area is 157 Å². The normalized spacial score (nSPS) is 19.7. The molecule has 2 aromatic carbocycles. The molecule has 0 bridgehead atoms. The van der Waals surface area contributed by atoms with Gasteiger partial charge in [0.05, 0.1) is 5.92 Å². The van der Waals surface area contributed by atoms with Gasteiger partial charge in [0.2, 0.25) is 0 Å². The summed E-state index contributed by atoms with van der Waals surface area (Å²) in [5.41, 5.74) is 3.52. The Bertz CT molecular complexity index is 967. The van der Waals surface area contributed by atoms with Gasteiger partial charge in [0.1, 0.15) is 0 Å². The lowest BCUT2D eigenvalue weighted by atomic mass is 9.79. The van der Waals surface area contributed by atoms with Gasteiger partial charge in [-0.3, -0.25) is 9.59 Å². The molecule has 0 saturated heterocycles. The molecule has 1 saturated carbocycles. The first kappa shape index (κ1) is 17.3. The van der Waals surface area contributed by atoms with E-state index in [-0.39, 0.29) is 11.8 Å². The lowest BCUT2D eigenvalue weighted by molar-refractivity contribution is -0.142. The number of aromatic amines is 1. The zero-order chi connectivity index (χ0) is 18.8. The summed E-state index contributed by atoms with van der Waals surface area (Å²) in [5, 5.41) is 13.1. The number of aromatic nitrogens is 1. The van der Waals surface area contributed by atoms with E-state index in [1.54, 1.807) is 0 Å². The predicted octanol–water partition coefficient (Wildman–Crippen LogP) is 4.78. The first-order chi connectivity index (χ1) is 13.1. The molecule has 5 nitrogen and oxygen atoms in total. The minimum atomic E-state index is -0.677. The van der Waals surface area contributed by atoms with Gasteiger partial charge < -0.3 is 15.4 Å². The van der Waals surface area contributed by atoms with Crippen LogP contribution in [0.4, 0.5) is 5.69 Å². The second-order valence-corrected chi connectivity index (χ2v) is 7.24. The SMILES string of the molecule is O=C(Nc1ccc([C@H]2CC[C@@H](C(=O)O)CC2)cc1)c1ccc2cc[nH]c2c1. The maximum atomic E-state index is 12.5. The van der Waals surface area contributed by atoms with Crippen LogP contribution in [0.15, 0.2) is 54.7 Å². The van der Waals surface area contributed by atoms with Crippen molar-refractivity contribution in [3.8, 4) is 0 Å². The first-order valence-corrected chi connectivity index (χ1v) is 9.31. The fourth-order valence-electron chi connectivity index (χ4n) is 3.90. The van der Waals surface area contributed by atoms with E-state index < -0.39 is 5.97 Å². The Morgan fingerprint density at radius 3 is 2.41 bits per heavy atom. The summed E-state index contributed by atoms with van der Waals surface area (Å²) in [6.07, 6.45) is 5.13. The molecule has 3 aromatic rings. The quantitative estimate of drug-likeness (QED) is 0.625. The average Bonchev–Trinajstić information content (AvgIpc) is 3.16. The van der Waals surface area contributed by atoms with E-state index in [4.69, 9.17) is 5.11 Å².